The minimum absolute atomic E-state index is 0.101. The normalized spacial score (nSPS) is 11.5. The molecule has 0 aromatic heterocycles. The third kappa shape index (κ3) is 6.11. The summed E-state index contributed by atoms with van der Waals surface area (Å²) in [7, 11) is 1.61. The molecule has 0 aliphatic carbocycles. The molecule has 0 radical (unpaired) electrons. The van der Waals surface area contributed by atoms with Crippen LogP contribution < -0.4 is 10.1 Å². The largest absolute Gasteiger partial charge is 0.497 e. The summed E-state index contributed by atoms with van der Waals surface area (Å²) in [5.74, 6) is 0.403. The number of amides is 2. The summed E-state index contributed by atoms with van der Waals surface area (Å²) in [6.45, 7) is 2.46. The third-order valence-electron chi connectivity index (χ3n) is 5.19. The Labute approximate surface area is 194 Å². The number of carbonyl (C=O) groups is 2. The first-order valence-corrected chi connectivity index (χ1v) is 10.9. The van der Waals surface area contributed by atoms with Crippen LogP contribution in [0, 0.1) is 0 Å². The Morgan fingerprint density at radius 2 is 1.56 bits per heavy atom. The zero-order chi connectivity index (χ0) is 22.9. The van der Waals surface area contributed by atoms with E-state index in [0.29, 0.717) is 24.5 Å². The average Bonchev–Trinajstić information content (AvgIpc) is 2.84. The van der Waals surface area contributed by atoms with Crippen LogP contribution in [0.2, 0.25) is 5.02 Å². The number of hydrogen-bond acceptors (Lipinski definition) is 3. The highest BCUT2D eigenvalue weighted by molar-refractivity contribution is 6.30. The van der Waals surface area contributed by atoms with E-state index >= 15 is 0 Å². The van der Waals surface area contributed by atoms with Gasteiger partial charge < -0.3 is 15.0 Å². The molecule has 1 atom stereocenters. The Balaban J connectivity index is 1.88. The fourth-order valence-corrected chi connectivity index (χ4v) is 3.58. The van der Waals surface area contributed by atoms with Crippen LogP contribution in [0.1, 0.15) is 36.1 Å². The van der Waals surface area contributed by atoms with Crippen molar-refractivity contribution < 1.29 is 14.3 Å². The lowest BCUT2D eigenvalue weighted by molar-refractivity contribution is -0.141. The summed E-state index contributed by atoms with van der Waals surface area (Å²) in [6, 6.07) is 23.4. The van der Waals surface area contributed by atoms with Crippen molar-refractivity contribution in [3.05, 3.63) is 101 Å². The van der Waals surface area contributed by atoms with Gasteiger partial charge in [0.1, 0.15) is 11.8 Å². The monoisotopic (exact) mass is 450 g/mol. The zero-order valence-electron chi connectivity index (χ0n) is 18.3. The second-order valence-corrected chi connectivity index (χ2v) is 7.82. The second kappa shape index (κ2) is 11.3. The molecule has 0 aliphatic heterocycles. The lowest BCUT2D eigenvalue weighted by atomic mass is 10.0. The molecule has 0 bridgehead atoms. The van der Waals surface area contributed by atoms with E-state index < -0.39 is 6.04 Å². The second-order valence-electron chi connectivity index (χ2n) is 7.38. The summed E-state index contributed by atoms with van der Waals surface area (Å²) in [6.07, 6.45) is 0.296. The van der Waals surface area contributed by atoms with Gasteiger partial charge in [0.2, 0.25) is 11.8 Å². The van der Waals surface area contributed by atoms with Crippen LogP contribution in [0.25, 0.3) is 0 Å². The number of nitrogens with one attached hydrogen (secondary N) is 1. The van der Waals surface area contributed by atoms with E-state index in [1.54, 1.807) is 31.1 Å². The lowest BCUT2D eigenvalue weighted by Crippen LogP contribution is -2.43. The van der Waals surface area contributed by atoms with Gasteiger partial charge in [-0.2, -0.15) is 0 Å². The van der Waals surface area contributed by atoms with Crippen molar-refractivity contribution in [3.8, 4) is 5.75 Å². The third-order valence-corrected chi connectivity index (χ3v) is 5.44. The molecule has 166 valence electrons. The molecule has 1 N–H and O–H groups in total. The summed E-state index contributed by atoms with van der Waals surface area (Å²) in [5.41, 5.74) is 2.61. The maximum atomic E-state index is 13.4. The molecule has 0 aliphatic rings. The molecule has 6 heteroatoms. The fraction of sp³-hybridized carbons (Fsp3) is 0.231. The van der Waals surface area contributed by atoms with Gasteiger partial charge in [-0.25, -0.2) is 0 Å². The predicted octanol–water partition coefficient (Wildman–Crippen LogP) is 5.14. The molecule has 3 rings (SSSR count). The Bertz CT molecular complexity index is 1020. The Kier molecular flexibility index (Phi) is 8.28. The lowest BCUT2D eigenvalue weighted by Gasteiger charge is -2.31. The first-order chi connectivity index (χ1) is 15.5. The van der Waals surface area contributed by atoms with Gasteiger partial charge in [-0.1, -0.05) is 73.1 Å². The average molecular weight is 451 g/mol. The molecule has 3 aromatic rings. The maximum Gasteiger partial charge on any atom is 0.247 e. The highest BCUT2D eigenvalue weighted by Gasteiger charge is 2.30. The molecule has 2 amide bonds. The van der Waals surface area contributed by atoms with Crippen molar-refractivity contribution in [2.24, 2.45) is 0 Å². The molecule has 0 fully saturated rings. The molecule has 0 spiro atoms. The van der Waals surface area contributed by atoms with Gasteiger partial charge in [0.15, 0.2) is 0 Å². The van der Waals surface area contributed by atoms with Crippen molar-refractivity contribution in [2.45, 2.75) is 32.5 Å². The van der Waals surface area contributed by atoms with Gasteiger partial charge in [-0.3, -0.25) is 9.59 Å². The number of carbonyl (C=O) groups excluding carboxylic acids is 2. The van der Waals surface area contributed by atoms with Crippen LogP contribution in [0.5, 0.6) is 5.75 Å². The first-order valence-electron chi connectivity index (χ1n) is 10.5. The van der Waals surface area contributed by atoms with E-state index in [9.17, 15) is 9.59 Å². The number of methoxy groups -OCH3 is 1. The van der Waals surface area contributed by atoms with Crippen LogP contribution >= 0.6 is 11.6 Å². The Morgan fingerprint density at radius 1 is 0.938 bits per heavy atom. The van der Waals surface area contributed by atoms with Gasteiger partial charge in [-0.05, 0) is 41.0 Å². The van der Waals surface area contributed by atoms with Gasteiger partial charge in [-0.15, -0.1) is 0 Å². The van der Waals surface area contributed by atoms with Gasteiger partial charge in [0.05, 0.1) is 7.11 Å². The van der Waals surface area contributed by atoms with Crippen molar-refractivity contribution in [1.29, 1.82) is 0 Å². The van der Waals surface area contributed by atoms with Crippen LogP contribution in [-0.2, 0) is 22.7 Å². The topological polar surface area (TPSA) is 58.6 Å². The smallest absolute Gasteiger partial charge is 0.247 e. The molecule has 3 aromatic carbocycles. The van der Waals surface area contributed by atoms with E-state index in [1.165, 1.54) is 0 Å². The minimum atomic E-state index is -0.752. The minimum Gasteiger partial charge on any atom is -0.497 e. The molecular formula is C26H27ClN2O3. The van der Waals surface area contributed by atoms with Crippen LogP contribution in [0.15, 0.2) is 78.9 Å². The van der Waals surface area contributed by atoms with Crippen molar-refractivity contribution >= 4 is 23.4 Å². The highest BCUT2D eigenvalue weighted by atomic mass is 35.5. The molecular weight excluding hydrogens is 424 g/mol. The van der Waals surface area contributed by atoms with E-state index in [1.807, 2.05) is 66.7 Å². The number of halogens is 1. The van der Waals surface area contributed by atoms with E-state index in [4.69, 9.17) is 16.3 Å². The standard InChI is InChI=1S/C26H27ClN2O3/c1-3-24(30)29(18-20-11-15-23(32-2)16-12-20)25(21-7-5-4-6-8-21)26(31)28-17-19-9-13-22(27)14-10-19/h4-16,25H,3,17-18H2,1-2H3,(H,28,31)/t25-/m0/s1. The number of nitrogens with zero attached hydrogens (tertiary/aromatic N) is 1. The van der Waals surface area contributed by atoms with Gasteiger partial charge in [0.25, 0.3) is 0 Å². The molecule has 5 nitrogen and oxygen atoms in total. The fourth-order valence-electron chi connectivity index (χ4n) is 3.45. The molecule has 0 heterocycles. The SMILES string of the molecule is CCC(=O)N(Cc1ccc(OC)cc1)[C@H](C(=O)NCc1ccc(Cl)cc1)c1ccccc1. The predicted molar refractivity (Wildman–Crippen MR) is 126 cm³/mol. The summed E-state index contributed by atoms with van der Waals surface area (Å²) < 4.78 is 5.23. The summed E-state index contributed by atoms with van der Waals surface area (Å²) in [5, 5.41) is 3.62. The quantitative estimate of drug-likeness (QED) is 0.490. The Hall–Kier alpha value is -3.31. The van der Waals surface area contributed by atoms with Crippen LogP contribution in [0.4, 0.5) is 0 Å². The molecule has 0 unspecified atom stereocenters. The van der Waals surface area contributed by atoms with E-state index in [-0.39, 0.29) is 11.8 Å². The number of hydrogen-bond donors (Lipinski definition) is 1. The van der Waals surface area contributed by atoms with E-state index in [0.717, 1.165) is 22.4 Å². The molecule has 0 saturated carbocycles. The zero-order valence-corrected chi connectivity index (χ0v) is 19.0. The highest BCUT2D eigenvalue weighted by Crippen LogP contribution is 2.25. The molecule has 0 saturated heterocycles. The summed E-state index contributed by atoms with van der Waals surface area (Å²) in [4.78, 5) is 28.0. The first kappa shape index (κ1) is 23.4. The summed E-state index contributed by atoms with van der Waals surface area (Å²) >= 11 is 5.95. The molecule has 32 heavy (non-hydrogen) atoms. The number of benzene rings is 3. The van der Waals surface area contributed by atoms with E-state index in [2.05, 4.69) is 5.32 Å². The van der Waals surface area contributed by atoms with Gasteiger partial charge >= 0.3 is 0 Å². The van der Waals surface area contributed by atoms with Crippen molar-refractivity contribution in [2.75, 3.05) is 7.11 Å². The maximum absolute atomic E-state index is 13.4. The number of ether oxygens (including phenoxy) is 1. The van der Waals surface area contributed by atoms with Gasteiger partial charge in [0, 0.05) is 24.5 Å². The van der Waals surface area contributed by atoms with Crippen molar-refractivity contribution in [1.82, 2.24) is 10.2 Å². The van der Waals surface area contributed by atoms with Crippen molar-refractivity contribution in [3.63, 3.8) is 0 Å². The number of rotatable bonds is 9. The van der Waals surface area contributed by atoms with Crippen LogP contribution in [0.3, 0.4) is 0 Å². The van der Waals surface area contributed by atoms with Crippen LogP contribution in [-0.4, -0.2) is 23.8 Å². The Morgan fingerprint density at radius 3 is 2.16 bits per heavy atom.